The summed E-state index contributed by atoms with van der Waals surface area (Å²) in [6.07, 6.45) is 1.07. The van der Waals surface area contributed by atoms with Crippen LogP contribution >= 0.6 is 0 Å². The molecule has 0 amide bonds. The van der Waals surface area contributed by atoms with Gasteiger partial charge in [0, 0.05) is 0 Å². The van der Waals surface area contributed by atoms with Gasteiger partial charge in [0.1, 0.15) is 0 Å². The molecule has 0 aromatic heterocycles. The summed E-state index contributed by atoms with van der Waals surface area (Å²) in [5, 5.41) is 6.75. The second-order valence-corrected chi connectivity index (χ2v) is 2.16. The molecule has 0 atom stereocenters. The Morgan fingerprint density at radius 1 is 1.50 bits per heavy atom. The fourth-order valence-corrected chi connectivity index (χ4v) is 0.374. The Balaban J connectivity index is 2.93. The first-order valence-corrected chi connectivity index (χ1v) is 2.84. The third-order valence-electron chi connectivity index (χ3n) is 0.888. The van der Waals surface area contributed by atoms with Crippen molar-refractivity contribution >= 4 is 0 Å². The standard InChI is InChI=1S/C5H13N3/c1-5(2)3-4-7-8-6/h5H,3-4H2,1-2H3,(H2,6,7). The Kier molecular flexibility index (Phi) is 4.21. The van der Waals surface area contributed by atoms with Gasteiger partial charge in [0.15, 0.2) is 0 Å². The van der Waals surface area contributed by atoms with Gasteiger partial charge in [0.05, 0.1) is 6.54 Å². The van der Waals surface area contributed by atoms with Crippen molar-refractivity contribution in [3.63, 3.8) is 0 Å². The van der Waals surface area contributed by atoms with Crippen molar-refractivity contribution < 1.29 is 0 Å². The maximum atomic E-state index is 4.77. The highest BCUT2D eigenvalue weighted by atomic mass is 15.3. The Bertz CT molecular complexity index is 68.1. The largest absolute Gasteiger partial charge is 0.305 e. The molecular formula is C5H13N3. The quantitative estimate of drug-likeness (QED) is 0.337. The lowest BCUT2D eigenvalue weighted by atomic mass is 10.1. The molecule has 0 unspecified atom stereocenters. The van der Waals surface area contributed by atoms with Crippen LogP contribution < -0.4 is 5.84 Å². The summed E-state index contributed by atoms with van der Waals surface area (Å²) in [5.74, 6) is 5.47. The van der Waals surface area contributed by atoms with Crippen LogP contribution in [0, 0.1) is 5.92 Å². The lowest BCUT2D eigenvalue weighted by Crippen LogP contribution is -1.90. The van der Waals surface area contributed by atoms with Crippen molar-refractivity contribution in [2.45, 2.75) is 20.3 Å². The molecule has 2 N–H and O–H groups in total. The van der Waals surface area contributed by atoms with Crippen LogP contribution in [-0.2, 0) is 0 Å². The van der Waals surface area contributed by atoms with E-state index in [1.165, 1.54) is 0 Å². The summed E-state index contributed by atoms with van der Waals surface area (Å²) >= 11 is 0. The lowest BCUT2D eigenvalue weighted by molar-refractivity contribution is 0.586. The lowest BCUT2D eigenvalue weighted by Gasteiger charge is -1.96. The molecular weight excluding hydrogens is 102 g/mol. The predicted octanol–water partition coefficient (Wildman–Crippen LogP) is 1.36. The highest BCUT2D eigenvalue weighted by Crippen LogP contribution is 1.97. The fourth-order valence-electron chi connectivity index (χ4n) is 0.374. The van der Waals surface area contributed by atoms with Crippen molar-refractivity contribution in [3.05, 3.63) is 0 Å². The van der Waals surface area contributed by atoms with E-state index in [1.54, 1.807) is 0 Å². The molecule has 0 fully saturated rings. The number of hydrogen-bond donors (Lipinski definition) is 1. The van der Waals surface area contributed by atoms with Gasteiger partial charge in [-0.3, -0.25) is 0 Å². The van der Waals surface area contributed by atoms with Crippen molar-refractivity contribution in [2.75, 3.05) is 6.54 Å². The topological polar surface area (TPSA) is 50.7 Å². The minimum Gasteiger partial charge on any atom is -0.305 e. The fraction of sp³-hybridized carbons (Fsp3) is 1.00. The average molecular weight is 115 g/mol. The third kappa shape index (κ3) is 5.40. The molecule has 0 saturated carbocycles. The van der Waals surface area contributed by atoms with Crippen LogP contribution in [0.5, 0.6) is 0 Å². The first kappa shape index (κ1) is 7.40. The minimum absolute atomic E-state index is 0.695. The first-order valence-electron chi connectivity index (χ1n) is 2.84. The predicted molar refractivity (Wildman–Crippen MR) is 33.4 cm³/mol. The molecule has 0 aromatic carbocycles. The van der Waals surface area contributed by atoms with E-state index >= 15 is 0 Å². The summed E-state index contributed by atoms with van der Waals surface area (Å²) in [5.41, 5.74) is 0. The van der Waals surface area contributed by atoms with Crippen LogP contribution in [0.2, 0.25) is 0 Å². The smallest absolute Gasteiger partial charge is 0.0622 e. The summed E-state index contributed by atoms with van der Waals surface area (Å²) < 4.78 is 0. The molecule has 8 heavy (non-hydrogen) atoms. The van der Waals surface area contributed by atoms with Gasteiger partial charge in [-0.25, -0.2) is 0 Å². The second kappa shape index (κ2) is 4.56. The zero-order chi connectivity index (χ0) is 6.41. The summed E-state index contributed by atoms with van der Waals surface area (Å²) in [6.45, 7) is 5.05. The van der Waals surface area contributed by atoms with Crippen molar-refractivity contribution in [2.24, 2.45) is 22.1 Å². The second-order valence-electron chi connectivity index (χ2n) is 2.16. The van der Waals surface area contributed by atoms with Gasteiger partial charge < -0.3 is 5.84 Å². The van der Waals surface area contributed by atoms with Crippen molar-refractivity contribution in [1.82, 2.24) is 0 Å². The first-order chi connectivity index (χ1) is 3.77. The summed E-state index contributed by atoms with van der Waals surface area (Å²) in [7, 11) is 0. The van der Waals surface area contributed by atoms with Crippen molar-refractivity contribution in [1.29, 1.82) is 0 Å². The van der Waals surface area contributed by atoms with E-state index in [4.69, 9.17) is 5.84 Å². The number of nitrogens with zero attached hydrogens (tertiary/aromatic N) is 2. The molecule has 0 saturated heterocycles. The van der Waals surface area contributed by atoms with Gasteiger partial charge >= 0.3 is 0 Å². The number of hydrogen-bond acceptors (Lipinski definition) is 2. The Morgan fingerprint density at radius 2 is 2.12 bits per heavy atom. The van der Waals surface area contributed by atoms with Crippen molar-refractivity contribution in [3.8, 4) is 0 Å². The Labute approximate surface area is 50.0 Å². The molecule has 0 radical (unpaired) electrons. The SMILES string of the molecule is CC(C)CCN=NN. The normalized spacial score (nSPS) is 11.4. The van der Waals surface area contributed by atoms with Gasteiger partial charge in [-0.1, -0.05) is 19.1 Å². The molecule has 3 heteroatoms. The van der Waals surface area contributed by atoms with Crippen LogP contribution in [0.15, 0.2) is 10.3 Å². The average Bonchev–Trinajstić information content (AvgIpc) is 1.66. The van der Waals surface area contributed by atoms with E-state index in [0.29, 0.717) is 5.92 Å². The van der Waals surface area contributed by atoms with Crippen LogP contribution in [-0.4, -0.2) is 6.54 Å². The zero-order valence-electron chi connectivity index (χ0n) is 5.46. The molecule has 0 bridgehead atoms. The van der Waals surface area contributed by atoms with Gasteiger partial charge in [0.2, 0.25) is 0 Å². The molecule has 0 aliphatic heterocycles. The van der Waals surface area contributed by atoms with E-state index in [-0.39, 0.29) is 0 Å². The van der Waals surface area contributed by atoms with Gasteiger partial charge in [0.25, 0.3) is 0 Å². The molecule has 48 valence electrons. The maximum Gasteiger partial charge on any atom is 0.0622 e. The van der Waals surface area contributed by atoms with Gasteiger partial charge in [-0.2, -0.15) is 5.11 Å². The molecule has 0 heterocycles. The van der Waals surface area contributed by atoms with Crippen LogP contribution in [0.25, 0.3) is 0 Å². The Morgan fingerprint density at radius 3 is 2.50 bits per heavy atom. The van der Waals surface area contributed by atoms with E-state index in [1.807, 2.05) is 0 Å². The summed E-state index contributed by atoms with van der Waals surface area (Å²) in [4.78, 5) is 0. The van der Waals surface area contributed by atoms with Crippen LogP contribution in [0.3, 0.4) is 0 Å². The van der Waals surface area contributed by atoms with E-state index in [0.717, 1.165) is 13.0 Å². The molecule has 0 aliphatic carbocycles. The molecule has 3 nitrogen and oxygen atoms in total. The van der Waals surface area contributed by atoms with Gasteiger partial charge in [-0.15, -0.1) is 0 Å². The molecule has 0 spiro atoms. The van der Waals surface area contributed by atoms with E-state index < -0.39 is 0 Å². The highest BCUT2D eigenvalue weighted by molar-refractivity contribution is 4.44. The van der Waals surface area contributed by atoms with E-state index in [2.05, 4.69) is 24.2 Å². The number of nitrogens with two attached hydrogens (primary N) is 1. The molecule has 0 aromatic rings. The van der Waals surface area contributed by atoms with Crippen LogP contribution in [0.4, 0.5) is 0 Å². The Hall–Kier alpha value is -0.600. The minimum atomic E-state index is 0.695. The molecule has 0 rings (SSSR count). The highest BCUT2D eigenvalue weighted by Gasteiger charge is 1.89. The van der Waals surface area contributed by atoms with E-state index in [9.17, 15) is 0 Å². The maximum absolute atomic E-state index is 4.77. The number of rotatable bonds is 3. The zero-order valence-corrected chi connectivity index (χ0v) is 5.46. The summed E-state index contributed by atoms with van der Waals surface area (Å²) in [6, 6.07) is 0. The van der Waals surface area contributed by atoms with Crippen LogP contribution in [0.1, 0.15) is 20.3 Å². The molecule has 0 aliphatic rings. The monoisotopic (exact) mass is 115 g/mol. The van der Waals surface area contributed by atoms with Gasteiger partial charge in [-0.05, 0) is 12.3 Å². The third-order valence-corrected chi connectivity index (χ3v) is 0.888.